The van der Waals surface area contributed by atoms with Crippen molar-refractivity contribution in [1.29, 1.82) is 0 Å². The summed E-state index contributed by atoms with van der Waals surface area (Å²) < 4.78 is 0. The molecular formula is C12H8Cl2N2O2. The van der Waals surface area contributed by atoms with Gasteiger partial charge in [0.05, 0.1) is 15.7 Å². The zero-order chi connectivity index (χ0) is 13.3. The Bertz CT molecular complexity index is 629. The highest BCUT2D eigenvalue weighted by molar-refractivity contribution is 6.42. The molecule has 0 unspecified atom stereocenters. The fourth-order valence-corrected chi connectivity index (χ4v) is 1.79. The van der Waals surface area contributed by atoms with Gasteiger partial charge in [-0.3, -0.25) is 0 Å². The molecule has 0 radical (unpaired) electrons. The summed E-state index contributed by atoms with van der Waals surface area (Å²) in [6.45, 7) is 1.69. The Hall–Kier alpha value is -1.65. The Morgan fingerprint density at radius 1 is 1.28 bits per heavy atom. The van der Waals surface area contributed by atoms with Crippen LogP contribution in [0.1, 0.15) is 16.2 Å². The number of benzene rings is 1. The van der Waals surface area contributed by atoms with Crippen LogP contribution in [0.4, 0.5) is 0 Å². The number of hydrogen-bond donors (Lipinski definition) is 1. The molecule has 0 aliphatic heterocycles. The van der Waals surface area contributed by atoms with Gasteiger partial charge >= 0.3 is 5.97 Å². The molecule has 0 atom stereocenters. The molecule has 0 aliphatic carbocycles. The van der Waals surface area contributed by atoms with Crippen LogP contribution in [-0.2, 0) is 0 Å². The third kappa shape index (κ3) is 2.44. The van der Waals surface area contributed by atoms with Gasteiger partial charge in [0.2, 0.25) is 0 Å². The van der Waals surface area contributed by atoms with E-state index in [0.717, 1.165) is 0 Å². The first kappa shape index (κ1) is 12.8. The van der Waals surface area contributed by atoms with Crippen molar-refractivity contribution in [1.82, 2.24) is 9.97 Å². The minimum atomic E-state index is -1.09. The summed E-state index contributed by atoms with van der Waals surface area (Å²) in [6, 6.07) is 4.85. The molecule has 1 N–H and O–H groups in total. The van der Waals surface area contributed by atoms with E-state index in [9.17, 15) is 4.79 Å². The highest BCUT2D eigenvalue weighted by Crippen LogP contribution is 2.29. The van der Waals surface area contributed by atoms with Crippen LogP contribution in [0.15, 0.2) is 24.4 Å². The van der Waals surface area contributed by atoms with E-state index in [0.29, 0.717) is 27.1 Å². The van der Waals surface area contributed by atoms with Gasteiger partial charge in [0, 0.05) is 11.8 Å². The SMILES string of the molecule is Cc1ncc(C(=O)O)c(-c2ccc(Cl)c(Cl)c2)n1. The molecule has 92 valence electrons. The minimum absolute atomic E-state index is 0.0268. The summed E-state index contributed by atoms with van der Waals surface area (Å²) in [6.07, 6.45) is 1.28. The lowest BCUT2D eigenvalue weighted by Crippen LogP contribution is -2.04. The first-order valence-corrected chi connectivity index (χ1v) is 5.77. The number of halogens is 2. The van der Waals surface area contributed by atoms with Gasteiger partial charge in [-0.25, -0.2) is 14.8 Å². The van der Waals surface area contributed by atoms with Gasteiger partial charge in [-0.15, -0.1) is 0 Å². The summed E-state index contributed by atoms with van der Waals surface area (Å²) in [4.78, 5) is 19.1. The lowest BCUT2D eigenvalue weighted by atomic mass is 10.1. The molecular weight excluding hydrogens is 275 g/mol. The van der Waals surface area contributed by atoms with Crippen LogP contribution in [0.2, 0.25) is 10.0 Å². The zero-order valence-corrected chi connectivity index (χ0v) is 10.8. The van der Waals surface area contributed by atoms with Gasteiger partial charge in [0.15, 0.2) is 0 Å². The van der Waals surface area contributed by atoms with E-state index in [1.807, 2.05) is 0 Å². The number of hydrogen-bond acceptors (Lipinski definition) is 3. The van der Waals surface area contributed by atoms with Crippen molar-refractivity contribution in [2.75, 3.05) is 0 Å². The molecule has 0 saturated heterocycles. The maximum absolute atomic E-state index is 11.1. The van der Waals surface area contributed by atoms with E-state index < -0.39 is 5.97 Å². The van der Waals surface area contributed by atoms with Crippen LogP contribution in [0, 0.1) is 6.92 Å². The predicted octanol–water partition coefficient (Wildman–Crippen LogP) is 3.46. The van der Waals surface area contributed by atoms with Crippen LogP contribution in [0.25, 0.3) is 11.3 Å². The van der Waals surface area contributed by atoms with E-state index in [1.54, 1.807) is 25.1 Å². The molecule has 0 aliphatic rings. The quantitative estimate of drug-likeness (QED) is 0.916. The highest BCUT2D eigenvalue weighted by atomic mass is 35.5. The molecule has 0 fully saturated rings. The predicted molar refractivity (Wildman–Crippen MR) is 69.2 cm³/mol. The van der Waals surface area contributed by atoms with Crippen molar-refractivity contribution in [3.63, 3.8) is 0 Å². The number of rotatable bonds is 2. The number of carboxylic acid groups (broad SMARTS) is 1. The van der Waals surface area contributed by atoms with Crippen LogP contribution < -0.4 is 0 Å². The van der Waals surface area contributed by atoms with Crippen molar-refractivity contribution < 1.29 is 9.90 Å². The molecule has 4 nitrogen and oxygen atoms in total. The van der Waals surface area contributed by atoms with E-state index in [-0.39, 0.29) is 5.56 Å². The van der Waals surface area contributed by atoms with Crippen LogP contribution in [-0.4, -0.2) is 21.0 Å². The highest BCUT2D eigenvalue weighted by Gasteiger charge is 2.15. The second-order valence-corrected chi connectivity index (χ2v) is 4.43. The zero-order valence-electron chi connectivity index (χ0n) is 9.32. The van der Waals surface area contributed by atoms with Gasteiger partial charge in [-0.05, 0) is 19.1 Å². The molecule has 6 heteroatoms. The Morgan fingerprint density at radius 3 is 2.61 bits per heavy atom. The van der Waals surface area contributed by atoms with Crippen LogP contribution in [0.3, 0.4) is 0 Å². The molecule has 0 bridgehead atoms. The molecule has 1 aromatic heterocycles. The Kier molecular flexibility index (Phi) is 3.50. The van der Waals surface area contributed by atoms with Crippen molar-refractivity contribution in [2.45, 2.75) is 6.92 Å². The van der Waals surface area contributed by atoms with E-state index >= 15 is 0 Å². The number of aromatic carboxylic acids is 1. The Morgan fingerprint density at radius 2 is 2.00 bits per heavy atom. The van der Waals surface area contributed by atoms with Crippen LogP contribution in [0.5, 0.6) is 0 Å². The lowest BCUT2D eigenvalue weighted by Gasteiger charge is -2.07. The second kappa shape index (κ2) is 4.92. The van der Waals surface area contributed by atoms with Gasteiger partial charge in [-0.1, -0.05) is 29.3 Å². The molecule has 1 heterocycles. The van der Waals surface area contributed by atoms with Crippen molar-refractivity contribution in [2.24, 2.45) is 0 Å². The van der Waals surface area contributed by atoms with E-state index in [1.165, 1.54) is 6.20 Å². The number of carbonyl (C=O) groups is 1. The normalized spacial score (nSPS) is 10.4. The number of aryl methyl sites for hydroxylation is 1. The molecule has 0 saturated carbocycles. The molecule has 2 aromatic rings. The van der Waals surface area contributed by atoms with Gasteiger partial charge in [0.25, 0.3) is 0 Å². The Balaban J connectivity index is 2.65. The molecule has 1 aromatic carbocycles. The molecule has 0 spiro atoms. The average molecular weight is 283 g/mol. The van der Waals surface area contributed by atoms with Crippen molar-refractivity contribution in [3.8, 4) is 11.3 Å². The number of nitrogens with zero attached hydrogens (tertiary/aromatic N) is 2. The molecule has 18 heavy (non-hydrogen) atoms. The first-order chi connectivity index (χ1) is 8.49. The summed E-state index contributed by atoms with van der Waals surface area (Å²) in [5.41, 5.74) is 0.944. The maximum atomic E-state index is 11.1. The van der Waals surface area contributed by atoms with Gasteiger partial charge in [0.1, 0.15) is 11.4 Å². The summed E-state index contributed by atoms with van der Waals surface area (Å²) >= 11 is 11.7. The monoisotopic (exact) mass is 282 g/mol. The van der Waals surface area contributed by atoms with E-state index in [2.05, 4.69) is 9.97 Å². The standard InChI is InChI=1S/C12H8Cl2N2O2/c1-6-15-5-8(12(17)18)11(16-6)7-2-3-9(13)10(14)4-7/h2-5H,1H3,(H,17,18). The van der Waals surface area contributed by atoms with E-state index in [4.69, 9.17) is 28.3 Å². The largest absolute Gasteiger partial charge is 0.478 e. The molecule has 0 amide bonds. The number of aromatic nitrogens is 2. The summed E-state index contributed by atoms with van der Waals surface area (Å²) in [5.74, 6) is -0.600. The summed E-state index contributed by atoms with van der Waals surface area (Å²) in [7, 11) is 0. The first-order valence-electron chi connectivity index (χ1n) is 5.01. The second-order valence-electron chi connectivity index (χ2n) is 3.61. The van der Waals surface area contributed by atoms with Crippen molar-refractivity contribution in [3.05, 3.63) is 45.8 Å². The third-order valence-electron chi connectivity index (χ3n) is 2.33. The minimum Gasteiger partial charge on any atom is -0.478 e. The van der Waals surface area contributed by atoms with Gasteiger partial charge in [-0.2, -0.15) is 0 Å². The average Bonchev–Trinajstić information content (AvgIpc) is 2.32. The fraction of sp³-hybridized carbons (Fsp3) is 0.0833. The van der Waals surface area contributed by atoms with Crippen LogP contribution >= 0.6 is 23.2 Å². The number of carboxylic acids is 1. The summed E-state index contributed by atoms with van der Waals surface area (Å²) in [5, 5.41) is 9.86. The maximum Gasteiger partial charge on any atom is 0.339 e. The topological polar surface area (TPSA) is 63.1 Å². The third-order valence-corrected chi connectivity index (χ3v) is 3.07. The fourth-order valence-electron chi connectivity index (χ4n) is 1.49. The Labute approximate surface area is 113 Å². The molecule has 2 rings (SSSR count). The lowest BCUT2D eigenvalue weighted by molar-refractivity contribution is 0.0697. The van der Waals surface area contributed by atoms with Gasteiger partial charge < -0.3 is 5.11 Å². The van der Waals surface area contributed by atoms with Crippen molar-refractivity contribution >= 4 is 29.2 Å². The smallest absolute Gasteiger partial charge is 0.339 e.